The molecule has 0 heterocycles. The average Bonchev–Trinajstić information content (AvgIpc) is 3.17. The van der Waals surface area contributed by atoms with Gasteiger partial charge in [-0.1, -0.05) is 53.7 Å². The van der Waals surface area contributed by atoms with Gasteiger partial charge < -0.3 is 4.84 Å². The van der Waals surface area contributed by atoms with Crippen LogP contribution in [0.15, 0.2) is 23.4 Å². The molecular weight excluding hydrogens is 451 g/mol. The summed E-state index contributed by atoms with van der Waals surface area (Å²) in [5.41, 5.74) is 4.25. The van der Waals surface area contributed by atoms with Crippen LogP contribution in [0.5, 0.6) is 0 Å². The van der Waals surface area contributed by atoms with Gasteiger partial charge in [0.05, 0.1) is 11.4 Å². The van der Waals surface area contributed by atoms with Crippen molar-refractivity contribution in [2.45, 2.75) is 62.2 Å². The summed E-state index contributed by atoms with van der Waals surface area (Å²) in [6.07, 6.45) is 5.74. The number of oxime groups is 1. The average molecular weight is 477 g/mol. The molecule has 0 aliphatic heterocycles. The Labute approximate surface area is 169 Å². The van der Waals surface area contributed by atoms with Gasteiger partial charge in [0.15, 0.2) is 6.73 Å². The van der Waals surface area contributed by atoms with Crippen LogP contribution in [0.4, 0.5) is 5.69 Å². The maximum absolute atomic E-state index is 12.8. The molecule has 2 rings (SSSR count). The summed E-state index contributed by atoms with van der Waals surface area (Å²) in [5, 5.41) is 3.67. The molecule has 0 N–H and O–H groups in total. The lowest BCUT2D eigenvalue weighted by Crippen LogP contribution is -2.38. The van der Waals surface area contributed by atoms with Crippen molar-refractivity contribution in [2.75, 3.05) is 11.6 Å². The second kappa shape index (κ2) is 10.4. The maximum atomic E-state index is 12.8. The quantitative estimate of drug-likeness (QED) is 0.217. The van der Waals surface area contributed by atoms with Gasteiger partial charge in [0, 0.05) is 4.43 Å². The van der Waals surface area contributed by atoms with Crippen molar-refractivity contribution in [3.05, 3.63) is 29.3 Å². The molecule has 0 aromatic heterocycles. The van der Waals surface area contributed by atoms with Crippen molar-refractivity contribution < 1.29 is 9.63 Å². The van der Waals surface area contributed by atoms with E-state index in [1.807, 2.05) is 6.92 Å². The van der Waals surface area contributed by atoms with Crippen molar-refractivity contribution in [3.63, 3.8) is 0 Å². The van der Waals surface area contributed by atoms with E-state index in [1.54, 1.807) is 4.90 Å². The van der Waals surface area contributed by atoms with Gasteiger partial charge in [-0.05, 0) is 55.7 Å². The van der Waals surface area contributed by atoms with Crippen molar-refractivity contribution in [2.24, 2.45) is 5.16 Å². The van der Waals surface area contributed by atoms with Crippen LogP contribution >= 0.6 is 34.2 Å². The van der Waals surface area contributed by atoms with E-state index in [4.69, 9.17) is 16.4 Å². The predicted octanol–water partition coefficient (Wildman–Crippen LogP) is 5.44. The molecule has 1 atom stereocenters. The number of carbonyl (C=O) groups excluding carboxylic acids is 1. The zero-order chi connectivity index (χ0) is 18.2. The third-order valence-corrected chi connectivity index (χ3v) is 5.81. The number of rotatable bonds is 8. The van der Waals surface area contributed by atoms with E-state index in [0.717, 1.165) is 40.7 Å². The fraction of sp³-hybridized carbons (Fsp3) is 0.579. The number of anilines is 1. The molecular formula is C19H26ClIN2O2. The highest BCUT2D eigenvalue weighted by atomic mass is 127. The first-order valence-electron chi connectivity index (χ1n) is 8.91. The van der Waals surface area contributed by atoms with Gasteiger partial charge in [-0.25, -0.2) is 0 Å². The highest BCUT2D eigenvalue weighted by molar-refractivity contribution is 14.1. The van der Waals surface area contributed by atoms with Gasteiger partial charge in [-0.2, -0.15) is 0 Å². The molecule has 25 heavy (non-hydrogen) atoms. The minimum absolute atomic E-state index is 0.100. The van der Waals surface area contributed by atoms with Gasteiger partial charge in [-0.3, -0.25) is 9.69 Å². The number of hydrogen-bond donors (Lipinski definition) is 0. The Morgan fingerprint density at radius 3 is 2.68 bits per heavy atom. The second-order valence-corrected chi connectivity index (χ2v) is 7.50. The molecule has 6 heteroatoms. The maximum Gasteiger partial charge on any atom is 0.247 e. The number of nitrogens with zero attached hydrogens (tertiary/aromatic N) is 2. The van der Waals surface area contributed by atoms with E-state index in [1.165, 1.54) is 18.4 Å². The number of halogens is 2. The summed E-state index contributed by atoms with van der Waals surface area (Å²) < 4.78 is 0.887. The summed E-state index contributed by atoms with van der Waals surface area (Å²) in [5.74, 6) is -0.129. The second-order valence-electron chi connectivity index (χ2n) is 6.22. The van der Waals surface area contributed by atoms with Crippen LogP contribution in [0, 0.1) is 0 Å². The van der Waals surface area contributed by atoms with Gasteiger partial charge >= 0.3 is 0 Å². The third kappa shape index (κ3) is 5.58. The van der Waals surface area contributed by atoms with Crippen molar-refractivity contribution >= 4 is 51.5 Å². The van der Waals surface area contributed by atoms with Crippen LogP contribution < -0.4 is 4.90 Å². The van der Waals surface area contributed by atoms with E-state index in [-0.39, 0.29) is 12.6 Å². The SMILES string of the molecule is CCc1ccc(CI)cc1N(CON=C1CCCC1)C(=O)C(Cl)CC. The molecule has 1 unspecified atom stereocenters. The van der Waals surface area contributed by atoms with Crippen LogP contribution in [-0.4, -0.2) is 23.7 Å². The topological polar surface area (TPSA) is 41.9 Å². The molecule has 4 nitrogen and oxygen atoms in total. The fourth-order valence-corrected chi connectivity index (χ4v) is 3.48. The Kier molecular flexibility index (Phi) is 8.49. The Bertz CT molecular complexity index is 613. The monoisotopic (exact) mass is 476 g/mol. The summed E-state index contributed by atoms with van der Waals surface area (Å²) >= 11 is 8.58. The molecule has 1 aliphatic rings. The van der Waals surface area contributed by atoms with Gasteiger partial charge in [0.25, 0.3) is 0 Å². The number of alkyl halides is 2. The molecule has 1 aliphatic carbocycles. The minimum atomic E-state index is -0.560. The molecule has 1 amide bonds. The number of benzene rings is 1. The number of amides is 1. The summed E-state index contributed by atoms with van der Waals surface area (Å²) in [4.78, 5) is 20.0. The zero-order valence-corrected chi connectivity index (χ0v) is 17.8. The van der Waals surface area contributed by atoms with Crippen molar-refractivity contribution in [1.82, 2.24) is 0 Å². The smallest absolute Gasteiger partial charge is 0.247 e. The van der Waals surface area contributed by atoms with Crippen LogP contribution in [0.1, 0.15) is 57.1 Å². The van der Waals surface area contributed by atoms with E-state index in [0.29, 0.717) is 6.42 Å². The van der Waals surface area contributed by atoms with Crippen LogP contribution in [0.25, 0.3) is 0 Å². The molecule has 1 saturated carbocycles. The molecule has 0 spiro atoms. The lowest BCUT2D eigenvalue weighted by atomic mass is 10.1. The fourth-order valence-electron chi connectivity index (χ4n) is 2.89. The normalized spacial score (nSPS) is 15.1. The first-order chi connectivity index (χ1) is 12.1. The van der Waals surface area contributed by atoms with Crippen molar-refractivity contribution in [3.8, 4) is 0 Å². The molecule has 1 aromatic rings. The van der Waals surface area contributed by atoms with E-state index in [2.05, 4.69) is 52.9 Å². The molecule has 138 valence electrons. The van der Waals surface area contributed by atoms with Crippen LogP contribution in [0.2, 0.25) is 0 Å². The predicted molar refractivity (Wildman–Crippen MR) is 113 cm³/mol. The van der Waals surface area contributed by atoms with Gasteiger partial charge in [-0.15, -0.1) is 11.6 Å². The first-order valence-corrected chi connectivity index (χ1v) is 10.9. The standard InChI is InChI=1S/C19H26ClIN2O2/c1-3-15-10-9-14(12-21)11-18(15)23(19(24)17(20)4-2)13-25-22-16-7-5-6-8-16/h9-11,17H,3-8,12-13H2,1-2H3. The van der Waals surface area contributed by atoms with E-state index < -0.39 is 5.38 Å². The molecule has 1 fully saturated rings. The van der Waals surface area contributed by atoms with Gasteiger partial charge in [0.2, 0.25) is 5.91 Å². The molecule has 0 radical (unpaired) electrons. The van der Waals surface area contributed by atoms with Crippen LogP contribution in [0.3, 0.4) is 0 Å². The minimum Gasteiger partial charge on any atom is -0.373 e. The number of carbonyl (C=O) groups is 1. The van der Waals surface area contributed by atoms with E-state index >= 15 is 0 Å². The summed E-state index contributed by atoms with van der Waals surface area (Å²) in [6, 6.07) is 6.26. The molecule has 0 bridgehead atoms. The van der Waals surface area contributed by atoms with E-state index in [9.17, 15) is 4.79 Å². The molecule has 0 saturated heterocycles. The molecule has 1 aromatic carbocycles. The number of aryl methyl sites for hydroxylation is 1. The van der Waals surface area contributed by atoms with Gasteiger partial charge in [0.1, 0.15) is 5.38 Å². The summed E-state index contributed by atoms with van der Waals surface area (Å²) in [6.45, 7) is 4.10. The number of hydrogen-bond acceptors (Lipinski definition) is 3. The highest BCUT2D eigenvalue weighted by Gasteiger charge is 2.25. The summed E-state index contributed by atoms with van der Waals surface area (Å²) in [7, 11) is 0. The highest BCUT2D eigenvalue weighted by Crippen LogP contribution is 2.26. The Hall–Kier alpha value is -0.820. The lowest BCUT2D eigenvalue weighted by molar-refractivity contribution is -0.119. The van der Waals surface area contributed by atoms with Crippen LogP contribution in [-0.2, 0) is 20.5 Å². The van der Waals surface area contributed by atoms with Crippen molar-refractivity contribution in [1.29, 1.82) is 0 Å². The largest absolute Gasteiger partial charge is 0.373 e. The Morgan fingerprint density at radius 2 is 2.08 bits per heavy atom. The Morgan fingerprint density at radius 1 is 1.36 bits per heavy atom. The zero-order valence-electron chi connectivity index (χ0n) is 14.9. The Balaban J connectivity index is 2.26. The lowest BCUT2D eigenvalue weighted by Gasteiger charge is -2.26. The third-order valence-electron chi connectivity index (χ3n) is 4.43. The first kappa shape index (κ1) is 20.5.